The van der Waals surface area contributed by atoms with Gasteiger partial charge >= 0.3 is 0 Å². The van der Waals surface area contributed by atoms with Crippen LogP contribution in [0.2, 0.25) is 5.15 Å². The highest BCUT2D eigenvalue weighted by molar-refractivity contribution is 6.34. The van der Waals surface area contributed by atoms with Crippen LogP contribution in [0.3, 0.4) is 0 Å². The molecule has 3 N–H and O–H groups in total. The number of nitrogens with zero attached hydrogens (tertiary/aromatic N) is 1. The zero-order chi connectivity index (χ0) is 13.1. The minimum absolute atomic E-state index is 0.0877. The largest absolute Gasteiger partial charge is 0.505 e. The van der Waals surface area contributed by atoms with E-state index >= 15 is 0 Å². The number of pyridine rings is 1. The summed E-state index contributed by atoms with van der Waals surface area (Å²) in [5.74, 6) is -0.792. The van der Waals surface area contributed by atoms with E-state index in [9.17, 15) is 9.90 Å². The number of aromatic hydroxyl groups is 1. The van der Waals surface area contributed by atoms with Crippen molar-refractivity contribution in [1.82, 2.24) is 10.3 Å². The van der Waals surface area contributed by atoms with Gasteiger partial charge in [-0.25, -0.2) is 4.98 Å². The molecule has 1 amide bonds. The molecule has 0 spiro atoms. The molecule has 2 rings (SSSR count). The number of aromatic nitrogens is 1. The van der Waals surface area contributed by atoms with E-state index in [-0.39, 0.29) is 29.7 Å². The number of benzene rings is 1. The van der Waals surface area contributed by atoms with Crippen molar-refractivity contribution in [2.45, 2.75) is 0 Å². The van der Waals surface area contributed by atoms with Crippen molar-refractivity contribution >= 4 is 28.3 Å². The number of rotatable bonds is 3. The molecule has 0 aliphatic heterocycles. The molecular weight excluding hydrogens is 256 g/mol. The van der Waals surface area contributed by atoms with Gasteiger partial charge in [-0.15, -0.1) is 0 Å². The third kappa shape index (κ3) is 2.23. The molecular formula is C12H11ClN2O3. The summed E-state index contributed by atoms with van der Waals surface area (Å²) in [7, 11) is 0. The normalized spacial score (nSPS) is 10.6. The Morgan fingerprint density at radius 1 is 1.33 bits per heavy atom. The molecule has 2 aromatic rings. The van der Waals surface area contributed by atoms with E-state index in [1.54, 1.807) is 24.3 Å². The van der Waals surface area contributed by atoms with Crippen LogP contribution in [-0.4, -0.2) is 34.3 Å². The van der Waals surface area contributed by atoms with Crippen LogP contribution in [0.1, 0.15) is 10.5 Å². The first-order valence-electron chi connectivity index (χ1n) is 5.31. The Morgan fingerprint density at radius 2 is 2.00 bits per heavy atom. The molecule has 1 aromatic carbocycles. The summed E-state index contributed by atoms with van der Waals surface area (Å²) in [4.78, 5) is 15.6. The monoisotopic (exact) mass is 266 g/mol. The molecule has 18 heavy (non-hydrogen) atoms. The molecule has 1 aromatic heterocycles. The zero-order valence-electron chi connectivity index (χ0n) is 9.35. The van der Waals surface area contributed by atoms with Gasteiger partial charge in [0.25, 0.3) is 5.91 Å². The Balaban J connectivity index is 2.52. The molecule has 0 aliphatic rings. The topological polar surface area (TPSA) is 82.5 Å². The van der Waals surface area contributed by atoms with Crippen LogP contribution >= 0.6 is 11.6 Å². The van der Waals surface area contributed by atoms with Crippen LogP contribution in [0, 0.1) is 0 Å². The number of hydrogen-bond acceptors (Lipinski definition) is 4. The standard InChI is InChI=1S/C12H11ClN2O3/c13-11-8-4-2-1-3-7(8)10(17)9(15-11)12(18)14-5-6-16/h1-4,16-17H,5-6H2,(H,14,18). The number of amides is 1. The van der Waals surface area contributed by atoms with Crippen LogP contribution in [0.25, 0.3) is 10.8 Å². The fourth-order valence-electron chi connectivity index (χ4n) is 1.62. The molecule has 6 heteroatoms. The van der Waals surface area contributed by atoms with Gasteiger partial charge in [0.15, 0.2) is 11.4 Å². The maximum Gasteiger partial charge on any atom is 0.273 e. The minimum atomic E-state index is -0.575. The van der Waals surface area contributed by atoms with Crippen LogP contribution in [-0.2, 0) is 0 Å². The van der Waals surface area contributed by atoms with Crippen molar-refractivity contribution in [1.29, 1.82) is 0 Å². The Morgan fingerprint density at radius 3 is 2.67 bits per heavy atom. The Hall–Kier alpha value is -1.85. The fraction of sp³-hybridized carbons (Fsp3) is 0.167. The van der Waals surface area contributed by atoms with E-state index in [0.717, 1.165) is 0 Å². The van der Waals surface area contributed by atoms with E-state index < -0.39 is 5.91 Å². The number of aliphatic hydroxyl groups excluding tert-OH is 1. The van der Waals surface area contributed by atoms with Gasteiger partial charge in [-0.05, 0) is 0 Å². The highest BCUT2D eigenvalue weighted by Gasteiger charge is 2.17. The Kier molecular flexibility index (Phi) is 3.64. The first kappa shape index (κ1) is 12.6. The number of aliphatic hydroxyl groups is 1. The zero-order valence-corrected chi connectivity index (χ0v) is 10.1. The molecule has 0 saturated carbocycles. The third-order valence-electron chi connectivity index (χ3n) is 2.45. The lowest BCUT2D eigenvalue weighted by atomic mass is 10.1. The van der Waals surface area contributed by atoms with Crippen molar-refractivity contribution in [2.75, 3.05) is 13.2 Å². The van der Waals surface area contributed by atoms with E-state index in [0.29, 0.717) is 10.8 Å². The van der Waals surface area contributed by atoms with Crippen LogP contribution in [0.15, 0.2) is 24.3 Å². The lowest BCUT2D eigenvalue weighted by Crippen LogP contribution is -2.27. The molecule has 0 saturated heterocycles. The Labute approximate surface area is 108 Å². The van der Waals surface area contributed by atoms with Crippen molar-refractivity contribution in [3.05, 3.63) is 35.1 Å². The van der Waals surface area contributed by atoms with Gasteiger partial charge < -0.3 is 15.5 Å². The molecule has 1 heterocycles. The summed E-state index contributed by atoms with van der Waals surface area (Å²) in [6, 6.07) is 6.86. The second kappa shape index (κ2) is 5.20. The molecule has 0 bridgehead atoms. The van der Waals surface area contributed by atoms with Crippen LogP contribution < -0.4 is 5.32 Å². The third-order valence-corrected chi connectivity index (χ3v) is 2.74. The Bertz CT molecular complexity index is 601. The average molecular weight is 267 g/mol. The summed E-state index contributed by atoms with van der Waals surface area (Å²) in [5, 5.41) is 22.2. The van der Waals surface area contributed by atoms with Gasteiger partial charge in [0.05, 0.1) is 6.61 Å². The summed E-state index contributed by atoms with van der Waals surface area (Å²) >= 11 is 5.96. The molecule has 5 nitrogen and oxygen atoms in total. The summed E-state index contributed by atoms with van der Waals surface area (Å²) in [6.07, 6.45) is 0. The van der Waals surface area contributed by atoms with Crippen molar-refractivity contribution in [3.8, 4) is 5.75 Å². The summed E-state index contributed by atoms with van der Waals surface area (Å²) in [5.41, 5.74) is -0.146. The number of carbonyl (C=O) groups excluding carboxylic acids is 1. The van der Waals surface area contributed by atoms with Crippen LogP contribution in [0.4, 0.5) is 0 Å². The highest BCUT2D eigenvalue weighted by atomic mass is 35.5. The van der Waals surface area contributed by atoms with Gasteiger partial charge in [0.2, 0.25) is 0 Å². The van der Waals surface area contributed by atoms with E-state index in [2.05, 4.69) is 10.3 Å². The maximum absolute atomic E-state index is 11.7. The minimum Gasteiger partial charge on any atom is -0.505 e. The summed E-state index contributed by atoms with van der Waals surface area (Å²) in [6.45, 7) is -0.0990. The quantitative estimate of drug-likeness (QED) is 0.732. The molecule has 0 unspecified atom stereocenters. The first-order chi connectivity index (χ1) is 8.65. The first-order valence-corrected chi connectivity index (χ1v) is 5.69. The number of carbonyl (C=O) groups is 1. The van der Waals surface area contributed by atoms with E-state index in [4.69, 9.17) is 16.7 Å². The molecule has 0 radical (unpaired) electrons. The van der Waals surface area contributed by atoms with Gasteiger partial charge in [-0.1, -0.05) is 35.9 Å². The molecule has 0 atom stereocenters. The van der Waals surface area contributed by atoms with Gasteiger partial charge in [-0.3, -0.25) is 4.79 Å². The number of fused-ring (bicyclic) bond motifs is 1. The second-order valence-corrected chi connectivity index (χ2v) is 3.98. The predicted octanol–water partition coefficient (Wildman–Crippen LogP) is 1.32. The highest BCUT2D eigenvalue weighted by Crippen LogP contribution is 2.31. The van der Waals surface area contributed by atoms with E-state index in [1.165, 1.54) is 0 Å². The number of halogens is 1. The fourth-order valence-corrected chi connectivity index (χ4v) is 1.87. The smallest absolute Gasteiger partial charge is 0.273 e. The lowest BCUT2D eigenvalue weighted by molar-refractivity contribution is 0.0937. The van der Waals surface area contributed by atoms with Crippen LogP contribution in [0.5, 0.6) is 5.75 Å². The van der Waals surface area contributed by atoms with Crippen molar-refractivity contribution in [2.24, 2.45) is 0 Å². The number of nitrogens with one attached hydrogen (secondary N) is 1. The summed E-state index contributed by atoms with van der Waals surface area (Å²) < 4.78 is 0. The van der Waals surface area contributed by atoms with Crippen molar-refractivity contribution < 1.29 is 15.0 Å². The second-order valence-electron chi connectivity index (χ2n) is 3.62. The van der Waals surface area contributed by atoms with Gasteiger partial charge in [0.1, 0.15) is 5.15 Å². The van der Waals surface area contributed by atoms with Crippen molar-refractivity contribution in [3.63, 3.8) is 0 Å². The van der Waals surface area contributed by atoms with E-state index in [1.807, 2.05) is 0 Å². The molecule has 0 fully saturated rings. The average Bonchev–Trinajstić information content (AvgIpc) is 2.40. The number of hydrogen-bond donors (Lipinski definition) is 3. The van der Waals surface area contributed by atoms with Gasteiger partial charge in [-0.2, -0.15) is 0 Å². The maximum atomic E-state index is 11.7. The SMILES string of the molecule is O=C(NCCO)c1nc(Cl)c2ccccc2c1O. The van der Waals surface area contributed by atoms with Gasteiger partial charge in [0, 0.05) is 17.3 Å². The lowest BCUT2D eigenvalue weighted by Gasteiger charge is -2.08. The predicted molar refractivity (Wildman–Crippen MR) is 67.8 cm³/mol. The molecule has 0 aliphatic carbocycles. The molecule has 94 valence electrons.